The lowest BCUT2D eigenvalue weighted by Crippen LogP contribution is -2.45. The summed E-state index contributed by atoms with van der Waals surface area (Å²) >= 11 is 0. The van der Waals surface area contributed by atoms with Crippen LogP contribution in [0.2, 0.25) is 0 Å². The molecule has 1 N–H and O–H groups in total. The fraction of sp³-hybridized carbons (Fsp3) is 1.00. The Bertz CT molecular complexity index is 191. The number of ether oxygens (including phenoxy) is 1. The number of nitrogens with one attached hydrogen (secondary N) is 1. The molecule has 1 aliphatic heterocycles. The van der Waals surface area contributed by atoms with Gasteiger partial charge in [-0.3, -0.25) is 0 Å². The lowest BCUT2D eigenvalue weighted by molar-refractivity contribution is 0.136. The normalized spacial score (nSPS) is 22.6. The molecule has 0 aromatic carbocycles. The van der Waals surface area contributed by atoms with Crippen molar-refractivity contribution in [1.29, 1.82) is 0 Å². The van der Waals surface area contributed by atoms with E-state index in [0.717, 1.165) is 12.5 Å². The Morgan fingerprint density at radius 2 is 1.94 bits per heavy atom. The van der Waals surface area contributed by atoms with Gasteiger partial charge in [0.1, 0.15) is 0 Å². The predicted molar refractivity (Wildman–Crippen MR) is 73.4 cm³/mol. The zero-order chi connectivity index (χ0) is 12.7. The molecule has 1 saturated heterocycles. The molecule has 3 nitrogen and oxygen atoms in total. The Morgan fingerprint density at radius 3 is 2.47 bits per heavy atom. The second kappa shape index (κ2) is 8.06. The first-order valence-electron chi connectivity index (χ1n) is 7.14. The molecular formula is C14H30N2O. The fourth-order valence-corrected chi connectivity index (χ4v) is 2.88. The molecule has 17 heavy (non-hydrogen) atoms. The van der Waals surface area contributed by atoms with Crippen LogP contribution >= 0.6 is 0 Å². The van der Waals surface area contributed by atoms with E-state index in [9.17, 15) is 0 Å². The Kier molecular flexibility index (Phi) is 7.09. The molecule has 1 rings (SSSR count). The molecular weight excluding hydrogens is 212 g/mol. The van der Waals surface area contributed by atoms with Crippen LogP contribution in [0.4, 0.5) is 0 Å². The van der Waals surface area contributed by atoms with Crippen LogP contribution in [0.25, 0.3) is 0 Å². The summed E-state index contributed by atoms with van der Waals surface area (Å²) in [5.74, 6) is 0.836. The van der Waals surface area contributed by atoms with Crippen molar-refractivity contribution in [2.75, 3.05) is 33.4 Å². The second-order valence-electron chi connectivity index (χ2n) is 5.49. The number of nitrogens with zero attached hydrogens (tertiary/aromatic N) is 1. The van der Waals surface area contributed by atoms with Crippen LogP contribution in [0.3, 0.4) is 0 Å². The molecule has 0 amide bonds. The summed E-state index contributed by atoms with van der Waals surface area (Å²) in [6, 6.07) is 1.08. The first-order chi connectivity index (χ1) is 8.17. The standard InChI is InChI=1S/C14H30N2O/c1-5-8-16-9-6-14(7-10-16)13(3)15-12(2)11-17-4/h12-15H,5-11H2,1-4H3. The third-order valence-electron chi connectivity index (χ3n) is 3.84. The van der Waals surface area contributed by atoms with E-state index >= 15 is 0 Å². The number of likely N-dealkylation sites (tertiary alicyclic amines) is 1. The summed E-state index contributed by atoms with van der Waals surface area (Å²) in [6.45, 7) is 11.4. The topological polar surface area (TPSA) is 24.5 Å². The summed E-state index contributed by atoms with van der Waals surface area (Å²) in [7, 11) is 1.77. The summed E-state index contributed by atoms with van der Waals surface area (Å²) in [6.07, 6.45) is 3.96. The zero-order valence-electron chi connectivity index (χ0n) is 12.0. The minimum Gasteiger partial charge on any atom is -0.383 e. The highest BCUT2D eigenvalue weighted by atomic mass is 16.5. The predicted octanol–water partition coefficient (Wildman–Crippen LogP) is 2.12. The van der Waals surface area contributed by atoms with Gasteiger partial charge in [0.15, 0.2) is 0 Å². The van der Waals surface area contributed by atoms with Gasteiger partial charge in [0.2, 0.25) is 0 Å². The average molecular weight is 242 g/mol. The van der Waals surface area contributed by atoms with E-state index in [4.69, 9.17) is 4.74 Å². The number of piperidine rings is 1. The molecule has 3 heteroatoms. The average Bonchev–Trinajstić information content (AvgIpc) is 2.30. The van der Waals surface area contributed by atoms with E-state index in [1.807, 2.05) is 0 Å². The van der Waals surface area contributed by atoms with Crippen molar-refractivity contribution in [2.45, 2.75) is 52.1 Å². The smallest absolute Gasteiger partial charge is 0.0613 e. The Balaban J connectivity index is 2.23. The van der Waals surface area contributed by atoms with Crippen molar-refractivity contribution in [3.8, 4) is 0 Å². The SMILES string of the molecule is CCCN1CCC(C(C)NC(C)COC)CC1. The Morgan fingerprint density at radius 1 is 1.29 bits per heavy atom. The largest absolute Gasteiger partial charge is 0.383 e. The molecule has 2 atom stereocenters. The van der Waals surface area contributed by atoms with Crippen LogP contribution < -0.4 is 5.32 Å². The van der Waals surface area contributed by atoms with E-state index in [-0.39, 0.29) is 0 Å². The van der Waals surface area contributed by atoms with Crippen LogP contribution in [-0.2, 0) is 4.74 Å². The van der Waals surface area contributed by atoms with E-state index in [0.29, 0.717) is 12.1 Å². The van der Waals surface area contributed by atoms with Gasteiger partial charge < -0.3 is 15.0 Å². The molecule has 1 aliphatic rings. The molecule has 0 aliphatic carbocycles. The lowest BCUT2D eigenvalue weighted by Gasteiger charge is -2.36. The van der Waals surface area contributed by atoms with Gasteiger partial charge in [0.25, 0.3) is 0 Å². The van der Waals surface area contributed by atoms with Gasteiger partial charge in [0, 0.05) is 19.2 Å². The molecule has 0 aromatic heterocycles. The van der Waals surface area contributed by atoms with Crippen LogP contribution in [0.5, 0.6) is 0 Å². The molecule has 0 bridgehead atoms. The summed E-state index contributed by atoms with van der Waals surface area (Å²) < 4.78 is 5.17. The summed E-state index contributed by atoms with van der Waals surface area (Å²) in [5, 5.41) is 3.65. The van der Waals surface area contributed by atoms with Crippen LogP contribution in [0, 0.1) is 5.92 Å². The molecule has 102 valence electrons. The highest BCUT2D eigenvalue weighted by Crippen LogP contribution is 2.20. The minimum atomic E-state index is 0.462. The van der Waals surface area contributed by atoms with E-state index in [2.05, 4.69) is 31.0 Å². The van der Waals surface area contributed by atoms with Gasteiger partial charge in [0.05, 0.1) is 6.61 Å². The molecule has 1 fully saturated rings. The maximum absolute atomic E-state index is 5.17. The zero-order valence-corrected chi connectivity index (χ0v) is 12.0. The Labute approximate surface area is 107 Å². The van der Waals surface area contributed by atoms with E-state index in [1.165, 1.54) is 38.9 Å². The first-order valence-corrected chi connectivity index (χ1v) is 7.14. The third-order valence-corrected chi connectivity index (χ3v) is 3.84. The van der Waals surface area contributed by atoms with Crippen molar-refractivity contribution in [2.24, 2.45) is 5.92 Å². The fourth-order valence-electron chi connectivity index (χ4n) is 2.88. The first kappa shape index (κ1) is 14.9. The number of methoxy groups -OCH3 is 1. The highest BCUT2D eigenvalue weighted by molar-refractivity contribution is 4.80. The van der Waals surface area contributed by atoms with Gasteiger partial charge in [-0.25, -0.2) is 0 Å². The molecule has 0 saturated carbocycles. The van der Waals surface area contributed by atoms with Crippen molar-refractivity contribution in [3.63, 3.8) is 0 Å². The number of rotatable bonds is 7. The van der Waals surface area contributed by atoms with Crippen LogP contribution in [0.1, 0.15) is 40.0 Å². The quantitative estimate of drug-likeness (QED) is 0.740. The van der Waals surface area contributed by atoms with Crippen molar-refractivity contribution >= 4 is 0 Å². The van der Waals surface area contributed by atoms with Crippen LogP contribution in [0.15, 0.2) is 0 Å². The third kappa shape index (κ3) is 5.36. The number of hydrogen-bond acceptors (Lipinski definition) is 3. The molecule has 2 unspecified atom stereocenters. The van der Waals surface area contributed by atoms with Gasteiger partial charge >= 0.3 is 0 Å². The van der Waals surface area contributed by atoms with Crippen LogP contribution in [-0.4, -0.2) is 50.3 Å². The minimum absolute atomic E-state index is 0.462. The molecule has 0 aromatic rings. The maximum Gasteiger partial charge on any atom is 0.0613 e. The lowest BCUT2D eigenvalue weighted by atomic mass is 9.90. The van der Waals surface area contributed by atoms with E-state index < -0.39 is 0 Å². The van der Waals surface area contributed by atoms with Gasteiger partial charge in [-0.2, -0.15) is 0 Å². The molecule has 1 heterocycles. The number of hydrogen-bond donors (Lipinski definition) is 1. The van der Waals surface area contributed by atoms with Crippen molar-refractivity contribution < 1.29 is 4.74 Å². The van der Waals surface area contributed by atoms with Gasteiger partial charge in [-0.05, 0) is 58.7 Å². The second-order valence-corrected chi connectivity index (χ2v) is 5.49. The van der Waals surface area contributed by atoms with Gasteiger partial charge in [-0.1, -0.05) is 6.92 Å². The van der Waals surface area contributed by atoms with Crippen molar-refractivity contribution in [1.82, 2.24) is 10.2 Å². The summed E-state index contributed by atoms with van der Waals surface area (Å²) in [5.41, 5.74) is 0. The maximum atomic E-state index is 5.17. The monoisotopic (exact) mass is 242 g/mol. The van der Waals surface area contributed by atoms with E-state index in [1.54, 1.807) is 7.11 Å². The van der Waals surface area contributed by atoms with Gasteiger partial charge in [-0.15, -0.1) is 0 Å². The van der Waals surface area contributed by atoms with Crippen molar-refractivity contribution in [3.05, 3.63) is 0 Å². The summed E-state index contributed by atoms with van der Waals surface area (Å²) in [4.78, 5) is 2.60. The molecule has 0 spiro atoms. The molecule has 0 radical (unpaired) electrons. The Hall–Kier alpha value is -0.120. The highest BCUT2D eigenvalue weighted by Gasteiger charge is 2.23.